The van der Waals surface area contributed by atoms with Crippen LogP contribution in [0.5, 0.6) is 0 Å². The number of hydrogen-bond donors (Lipinski definition) is 1. The van der Waals surface area contributed by atoms with Crippen molar-refractivity contribution in [3.05, 3.63) is 57.0 Å². The molecule has 1 saturated carbocycles. The lowest BCUT2D eigenvalue weighted by molar-refractivity contribution is -0.140. The van der Waals surface area contributed by atoms with Crippen LogP contribution in [-0.4, -0.2) is 15.6 Å². The van der Waals surface area contributed by atoms with Gasteiger partial charge in [-0.05, 0) is 54.5 Å². The first-order valence-corrected chi connectivity index (χ1v) is 9.37. The third kappa shape index (κ3) is 2.95. The minimum absolute atomic E-state index is 0.222. The lowest BCUT2D eigenvalue weighted by Crippen LogP contribution is -2.18. The Morgan fingerprint density at radius 1 is 1.31 bits per heavy atom. The molecule has 1 atom stereocenters. The van der Waals surface area contributed by atoms with Gasteiger partial charge in [0, 0.05) is 34.6 Å². The summed E-state index contributed by atoms with van der Waals surface area (Å²) in [4.78, 5) is 11.4. The monoisotopic (exact) mass is 393 g/mol. The van der Waals surface area contributed by atoms with Crippen LogP contribution in [0.25, 0.3) is 10.9 Å². The normalized spacial score (nSPS) is 20.6. The molecule has 1 N–H and O–H groups in total. The number of fused-ring (bicyclic) bond motifs is 1. The van der Waals surface area contributed by atoms with E-state index in [4.69, 9.17) is 23.2 Å². The third-order valence-electron chi connectivity index (χ3n) is 5.35. The highest BCUT2D eigenvalue weighted by molar-refractivity contribution is 6.36. The number of hydrogen-bond acceptors (Lipinski definition) is 1. The van der Waals surface area contributed by atoms with Crippen molar-refractivity contribution in [2.45, 2.75) is 31.6 Å². The SMILES string of the molecule is Cn1c(CC2=C(Cl)C(C(=O)O)CC=C2Cl)cc2c(F)cc(C3CC3)cc21. The predicted molar refractivity (Wildman–Crippen MR) is 101 cm³/mol. The van der Waals surface area contributed by atoms with Crippen LogP contribution in [0.4, 0.5) is 4.39 Å². The summed E-state index contributed by atoms with van der Waals surface area (Å²) in [6.07, 6.45) is 4.56. The summed E-state index contributed by atoms with van der Waals surface area (Å²) in [7, 11) is 1.89. The van der Waals surface area contributed by atoms with E-state index >= 15 is 0 Å². The zero-order valence-corrected chi connectivity index (χ0v) is 15.7. The summed E-state index contributed by atoms with van der Waals surface area (Å²) >= 11 is 12.6. The van der Waals surface area contributed by atoms with Crippen LogP contribution < -0.4 is 0 Å². The number of carboxylic acid groups (broad SMARTS) is 1. The van der Waals surface area contributed by atoms with Crippen LogP contribution >= 0.6 is 23.2 Å². The second-order valence-corrected chi connectivity index (χ2v) is 7.90. The number of aliphatic carboxylic acids is 1. The van der Waals surface area contributed by atoms with E-state index in [2.05, 4.69) is 0 Å². The van der Waals surface area contributed by atoms with Gasteiger partial charge in [0.15, 0.2) is 0 Å². The van der Waals surface area contributed by atoms with Crippen molar-refractivity contribution in [2.75, 3.05) is 0 Å². The number of carboxylic acids is 1. The molecule has 1 fully saturated rings. The molecule has 26 heavy (non-hydrogen) atoms. The number of nitrogens with zero attached hydrogens (tertiary/aromatic N) is 1. The summed E-state index contributed by atoms with van der Waals surface area (Å²) < 4.78 is 16.5. The first-order chi connectivity index (χ1) is 12.4. The van der Waals surface area contributed by atoms with Crippen molar-refractivity contribution >= 4 is 40.1 Å². The standard InChI is InChI=1S/C20H18Cl2FNO2/c1-24-12(8-14-16(21)5-4-13(19(14)22)20(25)26)9-15-17(23)6-11(7-18(15)24)10-2-3-10/h5-7,9-10,13H,2-4,8H2,1H3,(H,25,26). The summed E-state index contributed by atoms with van der Waals surface area (Å²) in [6.45, 7) is 0. The average molecular weight is 394 g/mol. The number of aryl methyl sites for hydroxylation is 1. The molecule has 0 radical (unpaired) electrons. The van der Waals surface area contributed by atoms with Crippen molar-refractivity contribution in [3.63, 3.8) is 0 Å². The van der Waals surface area contributed by atoms with Gasteiger partial charge in [-0.3, -0.25) is 4.79 Å². The molecule has 136 valence electrons. The highest BCUT2D eigenvalue weighted by Crippen LogP contribution is 2.42. The van der Waals surface area contributed by atoms with Crippen molar-refractivity contribution in [1.82, 2.24) is 4.57 Å². The van der Waals surface area contributed by atoms with Crippen molar-refractivity contribution in [1.29, 1.82) is 0 Å². The Bertz CT molecular complexity index is 985. The molecule has 2 aromatic rings. The average Bonchev–Trinajstić information content (AvgIpc) is 3.38. The number of halogens is 3. The molecular weight excluding hydrogens is 376 g/mol. The van der Waals surface area contributed by atoms with Gasteiger partial charge < -0.3 is 9.67 Å². The van der Waals surface area contributed by atoms with Crippen LogP contribution in [0.3, 0.4) is 0 Å². The molecule has 6 heteroatoms. The summed E-state index contributed by atoms with van der Waals surface area (Å²) in [5.41, 5.74) is 3.32. The van der Waals surface area contributed by atoms with Crippen molar-refractivity contribution in [3.8, 4) is 0 Å². The van der Waals surface area contributed by atoms with Gasteiger partial charge in [0.1, 0.15) is 5.82 Å². The zero-order chi connectivity index (χ0) is 18.6. The van der Waals surface area contributed by atoms with Gasteiger partial charge in [-0.15, -0.1) is 0 Å². The quantitative estimate of drug-likeness (QED) is 0.749. The van der Waals surface area contributed by atoms with Crippen LogP contribution in [0.2, 0.25) is 0 Å². The van der Waals surface area contributed by atoms with Crippen LogP contribution in [0.15, 0.2) is 39.9 Å². The zero-order valence-electron chi connectivity index (χ0n) is 14.2. The number of rotatable bonds is 4. The highest BCUT2D eigenvalue weighted by Gasteiger charge is 2.29. The predicted octanol–water partition coefficient (Wildman–Crippen LogP) is 5.46. The number of aromatic nitrogens is 1. The Balaban J connectivity index is 1.76. The van der Waals surface area contributed by atoms with Gasteiger partial charge in [-0.1, -0.05) is 29.3 Å². The summed E-state index contributed by atoms with van der Waals surface area (Å²) in [5.74, 6) is -1.50. The molecular formula is C20H18Cl2FNO2. The van der Waals surface area contributed by atoms with Gasteiger partial charge in [-0.25, -0.2) is 4.39 Å². The number of benzene rings is 1. The Morgan fingerprint density at radius 2 is 2.04 bits per heavy atom. The topological polar surface area (TPSA) is 42.2 Å². The maximum atomic E-state index is 14.6. The van der Waals surface area contributed by atoms with Crippen LogP contribution in [0.1, 0.15) is 36.4 Å². The fourth-order valence-electron chi connectivity index (χ4n) is 3.62. The van der Waals surface area contributed by atoms with Crippen LogP contribution in [0, 0.1) is 11.7 Å². The summed E-state index contributed by atoms with van der Waals surface area (Å²) in [5, 5.41) is 10.6. The van der Waals surface area contributed by atoms with Gasteiger partial charge >= 0.3 is 5.97 Å². The van der Waals surface area contributed by atoms with Gasteiger partial charge in [0.25, 0.3) is 0 Å². The second kappa shape index (κ2) is 6.43. The lowest BCUT2D eigenvalue weighted by Gasteiger charge is -2.20. The number of allylic oxidation sites excluding steroid dienone is 3. The van der Waals surface area contributed by atoms with Crippen LogP contribution in [-0.2, 0) is 18.3 Å². The molecule has 0 bridgehead atoms. The Hall–Kier alpha value is -1.78. The smallest absolute Gasteiger partial charge is 0.312 e. The maximum absolute atomic E-state index is 14.6. The van der Waals surface area contributed by atoms with E-state index in [1.54, 1.807) is 18.2 Å². The highest BCUT2D eigenvalue weighted by atomic mass is 35.5. The van der Waals surface area contributed by atoms with E-state index in [9.17, 15) is 14.3 Å². The summed E-state index contributed by atoms with van der Waals surface area (Å²) in [6, 6.07) is 5.48. The molecule has 1 unspecified atom stereocenters. The number of carbonyl (C=O) groups is 1. The second-order valence-electron chi connectivity index (χ2n) is 7.09. The first-order valence-electron chi connectivity index (χ1n) is 8.62. The molecule has 1 heterocycles. The largest absolute Gasteiger partial charge is 0.481 e. The van der Waals surface area contributed by atoms with E-state index in [-0.39, 0.29) is 17.3 Å². The minimum atomic E-state index is -0.968. The van der Waals surface area contributed by atoms with Gasteiger partial charge in [0.05, 0.1) is 11.4 Å². The van der Waals surface area contributed by atoms with E-state index in [0.717, 1.165) is 29.6 Å². The van der Waals surface area contributed by atoms with E-state index in [1.165, 1.54) is 0 Å². The molecule has 0 saturated heterocycles. The van der Waals surface area contributed by atoms with E-state index < -0.39 is 11.9 Å². The molecule has 0 amide bonds. The molecule has 2 aliphatic rings. The Kier molecular flexibility index (Phi) is 4.36. The molecule has 1 aromatic carbocycles. The fourth-order valence-corrected chi connectivity index (χ4v) is 4.27. The molecule has 0 spiro atoms. The molecule has 3 nitrogen and oxygen atoms in total. The first kappa shape index (κ1) is 17.6. The Labute approximate surface area is 160 Å². The maximum Gasteiger partial charge on any atom is 0.312 e. The van der Waals surface area contributed by atoms with Crippen molar-refractivity contribution < 1.29 is 14.3 Å². The van der Waals surface area contributed by atoms with Gasteiger partial charge in [-0.2, -0.15) is 0 Å². The van der Waals surface area contributed by atoms with Gasteiger partial charge in [0.2, 0.25) is 0 Å². The minimum Gasteiger partial charge on any atom is -0.481 e. The van der Waals surface area contributed by atoms with E-state index in [1.807, 2.05) is 17.7 Å². The lowest BCUT2D eigenvalue weighted by atomic mass is 9.93. The Morgan fingerprint density at radius 3 is 2.69 bits per heavy atom. The molecule has 1 aromatic heterocycles. The molecule has 4 rings (SSSR count). The molecule has 0 aliphatic heterocycles. The van der Waals surface area contributed by atoms with E-state index in [0.29, 0.717) is 28.3 Å². The molecule has 2 aliphatic carbocycles. The third-order valence-corrected chi connectivity index (χ3v) is 6.23. The fraction of sp³-hybridized carbons (Fsp3) is 0.350. The van der Waals surface area contributed by atoms with Crippen molar-refractivity contribution in [2.24, 2.45) is 13.0 Å².